The molecule has 1 amide bonds. The number of benzene rings is 1. The average Bonchev–Trinajstić information content (AvgIpc) is 3.02. The van der Waals surface area contributed by atoms with Gasteiger partial charge in [-0.05, 0) is 38.5 Å². The minimum absolute atomic E-state index is 0.125. The zero-order valence-electron chi connectivity index (χ0n) is 17.3. The Labute approximate surface area is 163 Å². The van der Waals surface area contributed by atoms with E-state index in [9.17, 15) is 4.79 Å². The van der Waals surface area contributed by atoms with Crippen molar-refractivity contribution in [2.45, 2.75) is 39.7 Å². The van der Waals surface area contributed by atoms with Crippen LogP contribution >= 0.6 is 0 Å². The third kappa shape index (κ3) is 4.59. The molecule has 0 radical (unpaired) electrons. The van der Waals surface area contributed by atoms with Crippen molar-refractivity contribution in [3.8, 4) is 0 Å². The monoisotopic (exact) mass is 368 g/mol. The van der Waals surface area contributed by atoms with Gasteiger partial charge in [0.1, 0.15) is 0 Å². The van der Waals surface area contributed by atoms with Crippen LogP contribution in [0, 0.1) is 5.41 Å². The number of hydrogen-bond donors (Lipinski definition) is 0. The topological polar surface area (TPSA) is 41.4 Å². The van der Waals surface area contributed by atoms with Gasteiger partial charge in [-0.3, -0.25) is 9.48 Å². The number of amides is 1. The Kier molecular flexibility index (Phi) is 5.70. The lowest BCUT2D eigenvalue weighted by atomic mass is 9.78. The molecule has 146 valence electrons. The quantitative estimate of drug-likeness (QED) is 0.751. The van der Waals surface area contributed by atoms with Gasteiger partial charge in [0, 0.05) is 24.7 Å². The Morgan fingerprint density at radius 2 is 1.89 bits per heavy atom. The highest BCUT2D eigenvalue weighted by atomic mass is 16.2. The molecule has 0 unspecified atom stereocenters. The lowest BCUT2D eigenvalue weighted by Gasteiger charge is -2.48. The SMILES string of the molecule is CC(C)c1nn(Cc2ccccc2)cc1C(=O)N1CC(C)(CCN(C)C)C1. The second kappa shape index (κ2) is 7.85. The summed E-state index contributed by atoms with van der Waals surface area (Å²) in [6, 6.07) is 10.2. The normalized spacial score (nSPS) is 16.0. The van der Waals surface area contributed by atoms with E-state index in [-0.39, 0.29) is 17.2 Å². The van der Waals surface area contributed by atoms with Crippen molar-refractivity contribution in [3.63, 3.8) is 0 Å². The summed E-state index contributed by atoms with van der Waals surface area (Å²) in [4.78, 5) is 17.3. The second-order valence-corrected chi connectivity index (χ2v) is 8.79. The maximum Gasteiger partial charge on any atom is 0.257 e. The van der Waals surface area contributed by atoms with E-state index in [4.69, 9.17) is 5.10 Å². The fourth-order valence-corrected chi connectivity index (χ4v) is 3.72. The van der Waals surface area contributed by atoms with E-state index in [1.165, 1.54) is 5.56 Å². The molecule has 3 rings (SSSR count). The molecule has 27 heavy (non-hydrogen) atoms. The van der Waals surface area contributed by atoms with Crippen molar-refractivity contribution < 1.29 is 4.79 Å². The van der Waals surface area contributed by atoms with Crippen LogP contribution in [0.4, 0.5) is 0 Å². The van der Waals surface area contributed by atoms with Crippen LogP contribution in [0.5, 0.6) is 0 Å². The highest BCUT2D eigenvalue weighted by Crippen LogP contribution is 2.35. The molecule has 1 aromatic carbocycles. The number of rotatable bonds is 7. The van der Waals surface area contributed by atoms with Crippen molar-refractivity contribution in [2.24, 2.45) is 5.41 Å². The first-order chi connectivity index (χ1) is 12.8. The van der Waals surface area contributed by atoms with Gasteiger partial charge in [-0.15, -0.1) is 0 Å². The Hall–Kier alpha value is -2.14. The molecule has 2 heterocycles. The first-order valence-electron chi connectivity index (χ1n) is 9.83. The van der Waals surface area contributed by atoms with E-state index in [2.05, 4.69) is 51.9 Å². The molecule has 1 aliphatic heterocycles. The Balaban J connectivity index is 1.71. The molecule has 1 saturated heterocycles. The van der Waals surface area contributed by atoms with Gasteiger partial charge in [0.2, 0.25) is 0 Å². The summed E-state index contributed by atoms with van der Waals surface area (Å²) in [5.74, 6) is 0.350. The lowest BCUT2D eigenvalue weighted by Crippen LogP contribution is -2.57. The number of nitrogens with zero attached hydrogens (tertiary/aromatic N) is 4. The molecular weight excluding hydrogens is 336 g/mol. The Morgan fingerprint density at radius 3 is 2.48 bits per heavy atom. The van der Waals surface area contributed by atoms with Crippen LogP contribution in [0.25, 0.3) is 0 Å². The summed E-state index contributed by atoms with van der Waals surface area (Å²) in [6.45, 7) is 9.90. The second-order valence-electron chi connectivity index (χ2n) is 8.79. The van der Waals surface area contributed by atoms with Gasteiger partial charge in [-0.25, -0.2) is 0 Å². The number of aromatic nitrogens is 2. The van der Waals surface area contributed by atoms with Crippen LogP contribution in [-0.4, -0.2) is 59.2 Å². The molecular formula is C22H32N4O. The predicted molar refractivity (Wildman–Crippen MR) is 109 cm³/mol. The lowest BCUT2D eigenvalue weighted by molar-refractivity contribution is 0.00798. The van der Waals surface area contributed by atoms with Crippen LogP contribution in [0.15, 0.2) is 36.5 Å². The van der Waals surface area contributed by atoms with E-state index in [1.807, 2.05) is 34.0 Å². The molecule has 0 N–H and O–H groups in total. The molecule has 1 aromatic heterocycles. The highest BCUT2D eigenvalue weighted by Gasteiger charge is 2.42. The molecule has 2 aromatic rings. The largest absolute Gasteiger partial charge is 0.337 e. The van der Waals surface area contributed by atoms with Gasteiger partial charge < -0.3 is 9.80 Å². The average molecular weight is 369 g/mol. The number of carbonyl (C=O) groups is 1. The fourth-order valence-electron chi connectivity index (χ4n) is 3.72. The third-order valence-electron chi connectivity index (χ3n) is 5.35. The Bertz CT molecular complexity index is 773. The van der Waals surface area contributed by atoms with E-state index in [0.29, 0.717) is 6.54 Å². The Morgan fingerprint density at radius 1 is 1.22 bits per heavy atom. The van der Waals surface area contributed by atoms with Gasteiger partial charge in [0.25, 0.3) is 5.91 Å². The summed E-state index contributed by atoms with van der Waals surface area (Å²) in [5, 5.41) is 4.73. The fraction of sp³-hybridized carbons (Fsp3) is 0.545. The minimum Gasteiger partial charge on any atom is -0.337 e. The molecule has 0 atom stereocenters. The van der Waals surface area contributed by atoms with E-state index < -0.39 is 0 Å². The zero-order valence-corrected chi connectivity index (χ0v) is 17.3. The van der Waals surface area contributed by atoms with Gasteiger partial charge in [-0.2, -0.15) is 5.10 Å². The minimum atomic E-state index is 0.125. The van der Waals surface area contributed by atoms with Crippen LogP contribution in [0.3, 0.4) is 0 Å². The van der Waals surface area contributed by atoms with E-state index in [0.717, 1.165) is 37.3 Å². The third-order valence-corrected chi connectivity index (χ3v) is 5.35. The number of hydrogen-bond acceptors (Lipinski definition) is 3. The molecule has 1 aliphatic rings. The molecule has 0 bridgehead atoms. The summed E-state index contributed by atoms with van der Waals surface area (Å²) in [6.07, 6.45) is 3.05. The van der Waals surface area contributed by atoms with Crippen LogP contribution in [-0.2, 0) is 6.54 Å². The van der Waals surface area contributed by atoms with Crippen molar-refractivity contribution in [3.05, 3.63) is 53.3 Å². The summed E-state index contributed by atoms with van der Waals surface area (Å²) in [5.41, 5.74) is 3.08. The molecule has 5 heteroatoms. The van der Waals surface area contributed by atoms with Crippen molar-refractivity contribution >= 4 is 5.91 Å². The first kappa shape index (κ1) is 19.6. The summed E-state index contributed by atoms with van der Waals surface area (Å²) in [7, 11) is 4.20. The van der Waals surface area contributed by atoms with E-state index >= 15 is 0 Å². The van der Waals surface area contributed by atoms with Crippen LogP contribution < -0.4 is 0 Å². The maximum absolute atomic E-state index is 13.1. The standard InChI is InChI=1S/C22H32N4O/c1-17(2)20-19(14-26(23-20)13-18-9-7-6-8-10-18)21(27)25-15-22(3,16-25)11-12-24(4)5/h6-10,14,17H,11-13,15-16H2,1-5H3. The smallest absolute Gasteiger partial charge is 0.257 e. The predicted octanol–water partition coefficient (Wildman–Crippen LogP) is 3.47. The van der Waals surface area contributed by atoms with Crippen LogP contribution in [0.1, 0.15) is 54.7 Å². The zero-order chi connectivity index (χ0) is 19.6. The van der Waals surface area contributed by atoms with Crippen molar-refractivity contribution in [1.29, 1.82) is 0 Å². The highest BCUT2D eigenvalue weighted by molar-refractivity contribution is 5.96. The van der Waals surface area contributed by atoms with E-state index in [1.54, 1.807) is 0 Å². The molecule has 0 spiro atoms. The molecule has 0 aliphatic carbocycles. The maximum atomic E-state index is 13.1. The summed E-state index contributed by atoms with van der Waals surface area (Å²) < 4.78 is 1.91. The van der Waals surface area contributed by atoms with Crippen LogP contribution in [0.2, 0.25) is 0 Å². The molecule has 0 saturated carbocycles. The van der Waals surface area contributed by atoms with Gasteiger partial charge in [0.05, 0.1) is 17.8 Å². The molecule has 5 nitrogen and oxygen atoms in total. The van der Waals surface area contributed by atoms with Crippen molar-refractivity contribution in [2.75, 3.05) is 33.7 Å². The van der Waals surface area contributed by atoms with Crippen molar-refractivity contribution in [1.82, 2.24) is 19.6 Å². The van der Waals surface area contributed by atoms with Gasteiger partial charge in [0.15, 0.2) is 0 Å². The van der Waals surface area contributed by atoms with Gasteiger partial charge >= 0.3 is 0 Å². The first-order valence-corrected chi connectivity index (χ1v) is 9.83. The summed E-state index contributed by atoms with van der Waals surface area (Å²) >= 11 is 0. The molecule has 1 fully saturated rings. The van der Waals surface area contributed by atoms with Gasteiger partial charge in [-0.1, -0.05) is 51.1 Å². The number of carbonyl (C=O) groups excluding carboxylic acids is 1. The number of likely N-dealkylation sites (tertiary alicyclic amines) is 1.